The molecule has 0 aromatic carbocycles. The predicted molar refractivity (Wildman–Crippen MR) is 94.7 cm³/mol. The molecule has 0 aliphatic carbocycles. The maximum Gasteiger partial charge on any atom is 0.268 e. The van der Waals surface area contributed by atoms with Crippen molar-refractivity contribution < 1.29 is 4.79 Å². The lowest BCUT2D eigenvalue weighted by Crippen LogP contribution is -2.42. The average Bonchev–Trinajstić information content (AvgIpc) is 3.34. The molecule has 1 fully saturated rings. The van der Waals surface area contributed by atoms with E-state index in [2.05, 4.69) is 30.5 Å². The van der Waals surface area contributed by atoms with Crippen molar-refractivity contribution in [3.63, 3.8) is 0 Å². The number of rotatable bonds is 4. The van der Waals surface area contributed by atoms with Gasteiger partial charge in [-0.15, -0.1) is 5.10 Å². The van der Waals surface area contributed by atoms with Crippen LogP contribution in [0.3, 0.4) is 0 Å². The number of aryl methyl sites for hydroxylation is 2. The van der Waals surface area contributed by atoms with Crippen molar-refractivity contribution in [1.29, 1.82) is 0 Å². The minimum atomic E-state index is -0.116. The highest BCUT2D eigenvalue weighted by Gasteiger charge is 2.36. The van der Waals surface area contributed by atoms with Crippen molar-refractivity contribution >= 4 is 11.7 Å². The van der Waals surface area contributed by atoms with Crippen LogP contribution in [-0.4, -0.2) is 54.6 Å². The van der Waals surface area contributed by atoms with Gasteiger partial charge in [0.2, 0.25) is 0 Å². The number of carbonyl (C=O) groups excluding carboxylic acids is 1. The maximum absolute atomic E-state index is 12.7. The topological polar surface area (TPSA) is 93.8 Å². The van der Waals surface area contributed by atoms with Crippen molar-refractivity contribution in [3.05, 3.63) is 54.5 Å². The lowest BCUT2D eigenvalue weighted by Gasteiger charge is -2.19. The van der Waals surface area contributed by atoms with Crippen LogP contribution in [0.15, 0.2) is 43.0 Å². The second-order valence-corrected chi connectivity index (χ2v) is 6.40. The van der Waals surface area contributed by atoms with E-state index in [1.54, 1.807) is 27.7 Å². The SMILES string of the molecule is Cc1nccc(N2CC(NC(=O)c3cccn3C)C(n3ccnn3)C2)n1. The van der Waals surface area contributed by atoms with E-state index in [4.69, 9.17) is 0 Å². The van der Waals surface area contributed by atoms with Crippen molar-refractivity contribution in [1.82, 2.24) is 34.8 Å². The summed E-state index contributed by atoms with van der Waals surface area (Å²) < 4.78 is 3.60. The zero-order valence-corrected chi connectivity index (χ0v) is 14.6. The number of amides is 1. The Kier molecular flexibility index (Phi) is 4.11. The maximum atomic E-state index is 12.7. The molecule has 9 heteroatoms. The summed E-state index contributed by atoms with van der Waals surface area (Å²) >= 11 is 0. The molecule has 1 saturated heterocycles. The van der Waals surface area contributed by atoms with Crippen LogP contribution in [0.5, 0.6) is 0 Å². The Hall–Kier alpha value is -3.23. The van der Waals surface area contributed by atoms with Gasteiger partial charge in [0, 0.05) is 38.7 Å². The first-order valence-corrected chi connectivity index (χ1v) is 8.44. The van der Waals surface area contributed by atoms with Crippen LogP contribution in [0.2, 0.25) is 0 Å². The van der Waals surface area contributed by atoms with Crippen molar-refractivity contribution in [2.45, 2.75) is 19.0 Å². The third-order valence-electron chi connectivity index (χ3n) is 4.65. The Morgan fingerprint density at radius 3 is 2.81 bits per heavy atom. The van der Waals surface area contributed by atoms with Gasteiger partial charge in [-0.25, -0.2) is 14.6 Å². The van der Waals surface area contributed by atoms with Crippen LogP contribution in [-0.2, 0) is 7.05 Å². The Labute approximate surface area is 150 Å². The van der Waals surface area contributed by atoms with E-state index in [1.165, 1.54) is 0 Å². The van der Waals surface area contributed by atoms with Crippen LogP contribution >= 0.6 is 0 Å². The van der Waals surface area contributed by atoms with Gasteiger partial charge in [0.05, 0.1) is 18.3 Å². The standard InChI is InChI=1S/C17H20N8O/c1-12-18-6-5-16(20-12)24-10-13(15(11-24)25-9-7-19-22-25)21-17(26)14-4-3-8-23(14)2/h3-9,13,15H,10-11H2,1-2H3,(H,21,26). The summed E-state index contributed by atoms with van der Waals surface area (Å²) in [4.78, 5) is 23.5. The van der Waals surface area contributed by atoms with Crippen molar-refractivity contribution in [2.75, 3.05) is 18.0 Å². The highest BCUT2D eigenvalue weighted by molar-refractivity contribution is 5.93. The van der Waals surface area contributed by atoms with E-state index in [-0.39, 0.29) is 18.0 Å². The Morgan fingerprint density at radius 2 is 2.12 bits per heavy atom. The van der Waals surface area contributed by atoms with Crippen molar-refractivity contribution in [3.8, 4) is 0 Å². The number of anilines is 1. The van der Waals surface area contributed by atoms with Gasteiger partial charge in [-0.05, 0) is 25.1 Å². The molecule has 2 unspecified atom stereocenters. The number of hydrogen-bond acceptors (Lipinski definition) is 6. The number of nitrogens with zero attached hydrogens (tertiary/aromatic N) is 7. The summed E-state index contributed by atoms with van der Waals surface area (Å²) in [5.41, 5.74) is 0.624. The molecule has 134 valence electrons. The molecule has 26 heavy (non-hydrogen) atoms. The normalized spacial score (nSPS) is 19.7. The quantitative estimate of drug-likeness (QED) is 0.738. The van der Waals surface area contributed by atoms with Crippen molar-refractivity contribution in [2.24, 2.45) is 7.05 Å². The number of hydrogen-bond donors (Lipinski definition) is 1. The fourth-order valence-electron chi connectivity index (χ4n) is 3.34. The average molecular weight is 352 g/mol. The number of carbonyl (C=O) groups is 1. The molecule has 1 amide bonds. The smallest absolute Gasteiger partial charge is 0.268 e. The van der Waals surface area contributed by atoms with Gasteiger partial charge in [-0.2, -0.15) is 0 Å². The molecule has 3 aromatic heterocycles. The highest BCUT2D eigenvalue weighted by Crippen LogP contribution is 2.25. The van der Waals surface area contributed by atoms with Gasteiger partial charge in [-0.3, -0.25) is 4.79 Å². The Morgan fingerprint density at radius 1 is 1.23 bits per heavy atom. The molecule has 0 saturated carbocycles. The summed E-state index contributed by atoms with van der Waals surface area (Å²) in [6.45, 7) is 3.18. The van der Waals surface area contributed by atoms with E-state index in [1.807, 2.05) is 38.5 Å². The van der Waals surface area contributed by atoms with Crippen LogP contribution < -0.4 is 10.2 Å². The first-order valence-electron chi connectivity index (χ1n) is 8.44. The zero-order chi connectivity index (χ0) is 18.1. The first kappa shape index (κ1) is 16.2. The lowest BCUT2D eigenvalue weighted by molar-refractivity contribution is 0.0923. The van der Waals surface area contributed by atoms with E-state index in [0.717, 1.165) is 11.6 Å². The van der Waals surface area contributed by atoms with Gasteiger partial charge in [0.25, 0.3) is 5.91 Å². The molecule has 0 bridgehead atoms. The lowest BCUT2D eigenvalue weighted by atomic mass is 10.1. The van der Waals surface area contributed by atoms with Gasteiger partial charge < -0.3 is 14.8 Å². The van der Waals surface area contributed by atoms with Crippen LogP contribution in [0, 0.1) is 6.92 Å². The monoisotopic (exact) mass is 352 g/mol. The third kappa shape index (κ3) is 3.03. The third-order valence-corrected chi connectivity index (χ3v) is 4.65. The summed E-state index contributed by atoms with van der Waals surface area (Å²) in [5, 5.41) is 11.2. The second-order valence-electron chi connectivity index (χ2n) is 6.40. The molecule has 1 aliphatic heterocycles. The molecule has 1 N–H and O–H groups in total. The molecule has 1 aliphatic rings. The van der Waals surface area contributed by atoms with Crippen LogP contribution in [0.4, 0.5) is 5.82 Å². The zero-order valence-electron chi connectivity index (χ0n) is 14.6. The molecule has 4 rings (SSSR count). The van der Waals surface area contributed by atoms with E-state index in [0.29, 0.717) is 18.8 Å². The molecule has 9 nitrogen and oxygen atoms in total. The number of aromatic nitrogens is 6. The molecular weight excluding hydrogens is 332 g/mol. The minimum absolute atomic E-state index is 0.0306. The highest BCUT2D eigenvalue weighted by atomic mass is 16.2. The first-order chi connectivity index (χ1) is 12.6. The Bertz CT molecular complexity index is 903. The predicted octanol–water partition coefficient (Wildman–Crippen LogP) is 0.575. The van der Waals surface area contributed by atoms with E-state index >= 15 is 0 Å². The molecule has 0 radical (unpaired) electrons. The second kappa shape index (κ2) is 6.58. The molecule has 0 spiro atoms. The largest absolute Gasteiger partial charge is 0.352 e. The Balaban J connectivity index is 1.58. The molecular formula is C17H20N8O. The van der Waals surface area contributed by atoms with Gasteiger partial charge in [-0.1, -0.05) is 5.21 Å². The van der Waals surface area contributed by atoms with Crippen LogP contribution in [0.1, 0.15) is 22.4 Å². The van der Waals surface area contributed by atoms with Gasteiger partial charge in [0.1, 0.15) is 17.3 Å². The minimum Gasteiger partial charge on any atom is -0.352 e. The van der Waals surface area contributed by atoms with Gasteiger partial charge >= 0.3 is 0 Å². The van der Waals surface area contributed by atoms with E-state index < -0.39 is 0 Å². The number of nitrogens with one attached hydrogen (secondary N) is 1. The summed E-state index contributed by atoms with van der Waals surface area (Å²) in [7, 11) is 1.86. The fourth-order valence-corrected chi connectivity index (χ4v) is 3.34. The molecule has 4 heterocycles. The van der Waals surface area contributed by atoms with E-state index in [9.17, 15) is 4.79 Å². The summed E-state index contributed by atoms with van der Waals surface area (Å²) in [6.07, 6.45) is 7.07. The fraction of sp³-hybridized carbons (Fsp3) is 0.353. The summed E-state index contributed by atoms with van der Waals surface area (Å²) in [6, 6.07) is 5.40. The molecule has 2 atom stereocenters. The van der Waals surface area contributed by atoms with Crippen LogP contribution in [0.25, 0.3) is 0 Å². The summed E-state index contributed by atoms with van der Waals surface area (Å²) in [5.74, 6) is 1.46. The van der Waals surface area contributed by atoms with Gasteiger partial charge in [0.15, 0.2) is 0 Å². The molecule has 3 aromatic rings.